The van der Waals surface area contributed by atoms with Gasteiger partial charge in [0, 0.05) is 13.2 Å². The highest BCUT2D eigenvalue weighted by molar-refractivity contribution is 6.32. The van der Waals surface area contributed by atoms with E-state index in [9.17, 15) is 18.0 Å². The summed E-state index contributed by atoms with van der Waals surface area (Å²) >= 11 is 5.79. The molecule has 0 saturated carbocycles. The van der Waals surface area contributed by atoms with Crippen LogP contribution in [0.3, 0.4) is 0 Å². The average molecular weight is 328 g/mol. The van der Waals surface area contributed by atoms with Crippen LogP contribution in [0.2, 0.25) is 5.02 Å². The molecule has 5 nitrogen and oxygen atoms in total. The van der Waals surface area contributed by atoms with Crippen molar-refractivity contribution < 1.29 is 17.9 Å². The molecule has 1 heterocycles. The zero-order valence-corrected chi connectivity index (χ0v) is 12.7. The van der Waals surface area contributed by atoms with Gasteiger partial charge in [-0.1, -0.05) is 11.6 Å². The van der Waals surface area contributed by atoms with Gasteiger partial charge < -0.3 is 10.1 Å². The van der Waals surface area contributed by atoms with Crippen LogP contribution < -0.4 is 10.9 Å². The van der Waals surface area contributed by atoms with Crippen molar-refractivity contribution in [3.63, 3.8) is 0 Å². The molecular weight excluding hydrogens is 311 g/mol. The minimum atomic E-state index is -4.54. The largest absolute Gasteiger partial charge is 0.408 e. The van der Waals surface area contributed by atoms with Crippen molar-refractivity contribution in [2.75, 3.05) is 18.5 Å². The number of anilines is 1. The number of nitrogens with one attached hydrogen (secondary N) is 1. The summed E-state index contributed by atoms with van der Waals surface area (Å²) < 4.78 is 42.5. The second kappa shape index (κ2) is 6.65. The first-order valence-corrected chi connectivity index (χ1v) is 6.64. The molecule has 0 spiro atoms. The summed E-state index contributed by atoms with van der Waals surface area (Å²) in [4.78, 5) is 11.7. The number of ether oxygens (including phenoxy) is 1. The van der Waals surface area contributed by atoms with Crippen molar-refractivity contribution in [3.8, 4) is 0 Å². The third-order valence-corrected chi connectivity index (χ3v) is 2.92. The Bertz CT molecular complexity index is 544. The molecule has 21 heavy (non-hydrogen) atoms. The summed E-state index contributed by atoms with van der Waals surface area (Å²) in [5.74, 6) is 0. The maximum atomic E-state index is 12.3. The van der Waals surface area contributed by atoms with Crippen LogP contribution in [-0.2, 0) is 11.3 Å². The third-order valence-electron chi connectivity index (χ3n) is 2.55. The van der Waals surface area contributed by atoms with Crippen LogP contribution in [0.4, 0.5) is 18.9 Å². The van der Waals surface area contributed by atoms with Crippen LogP contribution in [0.25, 0.3) is 0 Å². The first kappa shape index (κ1) is 17.8. The van der Waals surface area contributed by atoms with Crippen LogP contribution in [0.1, 0.15) is 20.8 Å². The lowest BCUT2D eigenvalue weighted by atomic mass is 10.1. The van der Waals surface area contributed by atoms with Crippen LogP contribution in [-0.4, -0.2) is 34.7 Å². The van der Waals surface area contributed by atoms with E-state index in [0.29, 0.717) is 13.2 Å². The highest BCUT2D eigenvalue weighted by atomic mass is 35.5. The summed E-state index contributed by atoms with van der Waals surface area (Å²) in [7, 11) is 0. The van der Waals surface area contributed by atoms with E-state index in [1.54, 1.807) is 0 Å². The van der Waals surface area contributed by atoms with Gasteiger partial charge in [0.05, 0.1) is 17.5 Å². The Labute approximate surface area is 125 Å². The van der Waals surface area contributed by atoms with E-state index in [4.69, 9.17) is 16.3 Å². The van der Waals surface area contributed by atoms with E-state index < -0.39 is 23.9 Å². The van der Waals surface area contributed by atoms with Crippen molar-refractivity contribution in [2.24, 2.45) is 0 Å². The summed E-state index contributed by atoms with van der Waals surface area (Å²) in [5, 5.41) is 5.99. The topological polar surface area (TPSA) is 56.1 Å². The second-order valence-corrected chi connectivity index (χ2v) is 5.37. The SMILES string of the molecule is CCOC(C)(C)CNc1cnn(CC(F)(F)F)c(=O)c1Cl. The molecule has 0 aliphatic carbocycles. The first-order chi connectivity index (χ1) is 9.56. The number of aromatic nitrogens is 2. The molecular formula is C12H17ClF3N3O2. The third kappa shape index (κ3) is 5.55. The van der Waals surface area contributed by atoms with Crippen LogP contribution >= 0.6 is 11.6 Å². The zero-order chi connectivity index (χ0) is 16.3. The molecule has 1 aromatic rings. The van der Waals surface area contributed by atoms with E-state index in [0.717, 1.165) is 6.20 Å². The highest BCUT2D eigenvalue weighted by Crippen LogP contribution is 2.20. The molecule has 0 saturated heterocycles. The number of nitrogens with zero attached hydrogens (tertiary/aromatic N) is 2. The van der Waals surface area contributed by atoms with Gasteiger partial charge in [-0.05, 0) is 20.8 Å². The van der Waals surface area contributed by atoms with Crippen molar-refractivity contribution in [1.29, 1.82) is 0 Å². The molecule has 0 atom stereocenters. The van der Waals surface area contributed by atoms with Gasteiger partial charge in [-0.3, -0.25) is 4.79 Å². The monoisotopic (exact) mass is 327 g/mol. The minimum Gasteiger partial charge on any atom is -0.379 e. The van der Waals surface area contributed by atoms with Crippen LogP contribution in [0.5, 0.6) is 0 Å². The van der Waals surface area contributed by atoms with Gasteiger partial charge in [-0.2, -0.15) is 18.3 Å². The summed E-state index contributed by atoms with van der Waals surface area (Å²) in [5.41, 5.74) is -1.33. The Morgan fingerprint density at radius 3 is 2.57 bits per heavy atom. The molecule has 0 bridgehead atoms. The molecule has 1 rings (SSSR count). The number of halogens is 4. The fourth-order valence-electron chi connectivity index (χ4n) is 1.62. The van der Waals surface area contributed by atoms with Crippen LogP contribution in [0, 0.1) is 0 Å². The standard InChI is InChI=1S/C12H17ClF3N3O2/c1-4-21-11(2,3)6-17-8-5-18-19(7-12(14,15)16)10(20)9(8)13/h5,17H,4,6-7H2,1-3H3. The van der Waals surface area contributed by atoms with Gasteiger partial charge in [0.25, 0.3) is 5.56 Å². The molecule has 0 amide bonds. The van der Waals surface area contributed by atoms with Gasteiger partial charge in [-0.15, -0.1) is 0 Å². The molecule has 0 aliphatic rings. The number of hydrogen-bond donors (Lipinski definition) is 1. The van der Waals surface area contributed by atoms with E-state index in [1.807, 2.05) is 20.8 Å². The Hall–Kier alpha value is -1.28. The molecule has 1 N–H and O–H groups in total. The Morgan fingerprint density at radius 2 is 2.05 bits per heavy atom. The lowest BCUT2D eigenvalue weighted by Gasteiger charge is -2.25. The van der Waals surface area contributed by atoms with Gasteiger partial charge in [0.15, 0.2) is 0 Å². The fourth-order valence-corrected chi connectivity index (χ4v) is 1.83. The predicted octanol–water partition coefficient (Wildman–Crippen LogP) is 2.69. The molecule has 0 aliphatic heterocycles. The van der Waals surface area contributed by atoms with Crippen LogP contribution in [0.15, 0.2) is 11.0 Å². The lowest BCUT2D eigenvalue weighted by molar-refractivity contribution is -0.143. The average Bonchev–Trinajstić information content (AvgIpc) is 2.32. The normalized spacial score (nSPS) is 12.5. The molecule has 0 aromatic carbocycles. The molecule has 0 radical (unpaired) electrons. The summed E-state index contributed by atoms with van der Waals surface area (Å²) in [6.07, 6.45) is -3.44. The molecule has 9 heteroatoms. The smallest absolute Gasteiger partial charge is 0.379 e. The van der Waals surface area contributed by atoms with Crippen molar-refractivity contribution >= 4 is 17.3 Å². The Morgan fingerprint density at radius 1 is 1.43 bits per heavy atom. The van der Waals surface area contributed by atoms with Gasteiger partial charge in [0.1, 0.15) is 11.6 Å². The molecule has 120 valence electrons. The van der Waals surface area contributed by atoms with Crippen molar-refractivity contribution in [3.05, 3.63) is 21.6 Å². The highest BCUT2D eigenvalue weighted by Gasteiger charge is 2.30. The van der Waals surface area contributed by atoms with Crippen molar-refractivity contribution in [1.82, 2.24) is 9.78 Å². The maximum absolute atomic E-state index is 12.3. The van der Waals surface area contributed by atoms with E-state index in [1.165, 1.54) is 0 Å². The van der Waals surface area contributed by atoms with E-state index in [-0.39, 0.29) is 15.4 Å². The molecule has 0 unspecified atom stereocenters. The van der Waals surface area contributed by atoms with E-state index >= 15 is 0 Å². The predicted molar refractivity (Wildman–Crippen MR) is 73.8 cm³/mol. The molecule has 0 fully saturated rings. The van der Waals surface area contributed by atoms with Gasteiger partial charge in [0.2, 0.25) is 0 Å². The lowest BCUT2D eigenvalue weighted by Crippen LogP contribution is -2.35. The zero-order valence-electron chi connectivity index (χ0n) is 11.9. The number of alkyl halides is 3. The summed E-state index contributed by atoms with van der Waals surface area (Å²) in [6.45, 7) is 4.86. The minimum absolute atomic E-state index is 0.174. The summed E-state index contributed by atoms with van der Waals surface area (Å²) in [6, 6.07) is 0. The van der Waals surface area contributed by atoms with E-state index in [2.05, 4.69) is 10.4 Å². The number of rotatable bonds is 6. The quantitative estimate of drug-likeness (QED) is 0.873. The Kier molecular flexibility index (Phi) is 5.63. The molecule has 1 aromatic heterocycles. The van der Waals surface area contributed by atoms with Gasteiger partial charge in [-0.25, -0.2) is 4.68 Å². The van der Waals surface area contributed by atoms with Gasteiger partial charge >= 0.3 is 6.18 Å². The first-order valence-electron chi connectivity index (χ1n) is 6.26. The second-order valence-electron chi connectivity index (χ2n) is 5.00. The van der Waals surface area contributed by atoms with Crippen molar-refractivity contribution in [2.45, 2.75) is 39.1 Å². The Balaban J connectivity index is 2.88. The fraction of sp³-hybridized carbons (Fsp3) is 0.667. The number of hydrogen-bond acceptors (Lipinski definition) is 4. The maximum Gasteiger partial charge on any atom is 0.408 e.